The highest BCUT2D eigenvalue weighted by Gasteiger charge is 2.17. The zero-order valence-electron chi connectivity index (χ0n) is 9.79. The summed E-state index contributed by atoms with van der Waals surface area (Å²) in [5.41, 5.74) is 1.08. The summed E-state index contributed by atoms with van der Waals surface area (Å²) in [6.07, 6.45) is 0. The molecule has 0 saturated carbocycles. The topological polar surface area (TPSA) is 39.7 Å². The van der Waals surface area contributed by atoms with Gasteiger partial charge in [-0.05, 0) is 24.6 Å². The molecule has 0 aliphatic carbocycles. The maximum Gasteiger partial charge on any atom is 0.231 e. The van der Waals surface area contributed by atoms with Crippen molar-refractivity contribution in [3.05, 3.63) is 22.7 Å². The maximum absolute atomic E-state index is 6.08. The Hall–Kier alpha value is -0.970. The number of rotatable bonds is 6. The van der Waals surface area contributed by atoms with Crippen LogP contribution >= 0.6 is 11.6 Å². The molecule has 5 heteroatoms. The third kappa shape index (κ3) is 3.25. The van der Waals surface area contributed by atoms with Gasteiger partial charge in [-0.15, -0.1) is 0 Å². The molecule has 0 aromatic heterocycles. The van der Waals surface area contributed by atoms with Crippen LogP contribution in [0.4, 0.5) is 0 Å². The zero-order chi connectivity index (χ0) is 12.1. The summed E-state index contributed by atoms with van der Waals surface area (Å²) in [5, 5.41) is 3.87. The molecule has 1 aromatic rings. The standard InChI is InChI=1S/C12H16ClNO3/c1-2-15-4-3-14-7-9-5-10(13)12-11(6-9)16-8-17-12/h5-6,14H,2-4,7-8H2,1H3. The van der Waals surface area contributed by atoms with Crippen LogP contribution in [0.3, 0.4) is 0 Å². The van der Waals surface area contributed by atoms with E-state index in [9.17, 15) is 0 Å². The van der Waals surface area contributed by atoms with E-state index in [2.05, 4.69) is 5.32 Å². The minimum atomic E-state index is 0.246. The van der Waals surface area contributed by atoms with E-state index < -0.39 is 0 Å². The quantitative estimate of drug-likeness (QED) is 0.793. The molecule has 0 fully saturated rings. The highest BCUT2D eigenvalue weighted by molar-refractivity contribution is 6.32. The van der Waals surface area contributed by atoms with Crippen LogP contribution in [-0.4, -0.2) is 26.6 Å². The second kappa shape index (κ2) is 6.10. The van der Waals surface area contributed by atoms with Crippen LogP contribution in [0.1, 0.15) is 12.5 Å². The average molecular weight is 258 g/mol. The van der Waals surface area contributed by atoms with Gasteiger partial charge in [0, 0.05) is 19.7 Å². The molecule has 1 aromatic carbocycles. The molecule has 0 bridgehead atoms. The van der Waals surface area contributed by atoms with Gasteiger partial charge in [-0.25, -0.2) is 0 Å². The molecule has 94 valence electrons. The first kappa shape index (κ1) is 12.5. The van der Waals surface area contributed by atoms with E-state index in [1.807, 2.05) is 19.1 Å². The number of hydrogen-bond donors (Lipinski definition) is 1. The summed E-state index contributed by atoms with van der Waals surface area (Å²) < 4.78 is 15.8. The molecular weight excluding hydrogens is 242 g/mol. The Bertz CT molecular complexity index is 384. The van der Waals surface area contributed by atoms with Crippen LogP contribution < -0.4 is 14.8 Å². The van der Waals surface area contributed by atoms with E-state index in [0.29, 0.717) is 10.8 Å². The third-order valence-electron chi connectivity index (χ3n) is 2.44. The SMILES string of the molecule is CCOCCNCc1cc(Cl)c2c(c1)OCO2. The van der Waals surface area contributed by atoms with Gasteiger partial charge in [0.2, 0.25) is 6.79 Å². The fourth-order valence-electron chi connectivity index (χ4n) is 1.64. The number of halogens is 1. The number of fused-ring (bicyclic) bond motifs is 1. The molecule has 1 aliphatic rings. The Morgan fingerprint density at radius 1 is 1.41 bits per heavy atom. The zero-order valence-corrected chi connectivity index (χ0v) is 10.5. The molecule has 0 amide bonds. The number of nitrogens with one attached hydrogen (secondary N) is 1. The molecule has 0 unspecified atom stereocenters. The minimum absolute atomic E-state index is 0.246. The van der Waals surface area contributed by atoms with E-state index in [1.54, 1.807) is 0 Å². The van der Waals surface area contributed by atoms with Crippen LogP contribution in [0.5, 0.6) is 11.5 Å². The molecule has 17 heavy (non-hydrogen) atoms. The Labute approximate surface area is 106 Å². The third-order valence-corrected chi connectivity index (χ3v) is 2.72. The second-order valence-corrected chi connectivity index (χ2v) is 4.09. The minimum Gasteiger partial charge on any atom is -0.454 e. The molecular formula is C12H16ClNO3. The molecule has 2 rings (SSSR count). The molecule has 0 atom stereocenters. The lowest BCUT2D eigenvalue weighted by Crippen LogP contribution is -2.19. The molecule has 1 heterocycles. The Morgan fingerprint density at radius 3 is 3.12 bits per heavy atom. The van der Waals surface area contributed by atoms with Gasteiger partial charge in [0.25, 0.3) is 0 Å². The number of hydrogen-bond acceptors (Lipinski definition) is 4. The van der Waals surface area contributed by atoms with E-state index in [4.69, 9.17) is 25.8 Å². The number of ether oxygens (including phenoxy) is 3. The first-order chi connectivity index (χ1) is 8.31. The second-order valence-electron chi connectivity index (χ2n) is 3.69. The first-order valence-corrected chi connectivity index (χ1v) is 6.05. The van der Waals surface area contributed by atoms with Gasteiger partial charge in [0.05, 0.1) is 11.6 Å². The van der Waals surface area contributed by atoms with Crippen molar-refractivity contribution in [2.24, 2.45) is 0 Å². The lowest BCUT2D eigenvalue weighted by Gasteiger charge is -2.07. The summed E-state index contributed by atoms with van der Waals surface area (Å²) >= 11 is 6.08. The lowest BCUT2D eigenvalue weighted by atomic mass is 10.2. The summed E-state index contributed by atoms with van der Waals surface area (Å²) in [6, 6.07) is 3.84. The number of benzene rings is 1. The van der Waals surface area contributed by atoms with Gasteiger partial charge in [-0.1, -0.05) is 11.6 Å². The van der Waals surface area contributed by atoms with Crippen molar-refractivity contribution in [1.82, 2.24) is 5.32 Å². The van der Waals surface area contributed by atoms with Crippen LogP contribution in [0.2, 0.25) is 5.02 Å². The van der Waals surface area contributed by atoms with E-state index in [-0.39, 0.29) is 6.79 Å². The fourth-order valence-corrected chi connectivity index (χ4v) is 1.93. The largest absolute Gasteiger partial charge is 0.454 e. The van der Waals surface area contributed by atoms with Crippen molar-refractivity contribution in [3.8, 4) is 11.5 Å². The van der Waals surface area contributed by atoms with Crippen molar-refractivity contribution >= 4 is 11.6 Å². The van der Waals surface area contributed by atoms with Gasteiger partial charge in [0.15, 0.2) is 11.5 Å². The molecule has 1 aliphatic heterocycles. The van der Waals surface area contributed by atoms with Gasteiger partial charge in [0.1, 0.15) is 0 Å². The highest BCUT2D eigenvalue weighted by Crippen LogP contribution is 2.39. The Morgan fingerprint density at radius 2 is 2.29 bits per heavy atom. The van der Waals surface area contributed by atoms with Gasteiger partial charge < -0.3 is 19.5 Å². The van der Waals surface area contributed by atoms with Crippen LogP contribution in [0, 0.1) is 0 Å². The molecule has 4 nitrogen and oxygen atoms in total. The van der Waals surface area contributed by atoms with Gasteiger partial charge in [-0.3, -0.25) is 0 Å². The van der Waals surface area contributed by atoms with Crippen molar-refractivity contribution in [2.45, 2.75) is 13.5 Å². The molecule has 0 spiro atoms. The average Bonchev–Trinajstić information content (AvgIpc) is 2.77. The predicted octanol–water partition coefficient (Wildman–Crippen LogP) is 2.19. The highest BCUT2D eigenvalue weighted by atomic mass is 35.5. The molecule has 1 N–H and O–H groups in total. The fraction of sp³-hybridized carbons (Fsp3) is 0.500. The monoisotopic (exact) mass is 257 g/mol. The Balaban J connectivity index is 1.87. The van der Waals surface area contributed by atoms with E-state index in [1.165, 1.54) is 0 Å². The van der Waals surface area contributed by atoms with Crippen LogP contribution in [0.15, 0.2) is 12.1 Å². The Kier molecular flexibility index (Phi) is 4.48. The lowest BCUT2D eigenvalue weighted by molar-refractivity contribution is 0.149. The van der Waals surface area contributed by atoms with Crippen molar-refractivity contribution < 1.29 is 14.2 Å². The van der Waals surface area contributed by atoms with E-state index >= 15 is 0 Å². The summed E-state index contributed by atoms with van der Waals surface area (Å²) in [5.74, 6) is 1.36. The van der Waals surface area contributed by atoms with Gasteiger partial charge >= 0.3 is 0 Å². The molecule has 0 radical (unpaired) electrons. The summed E-state index contributed by atoms with van der Waals surface area (Å²) in [6.45, 7) is 5.25. The molecule has 0 saturated heterocycles. The maximum atomic E-state index is 6.08. The van der Waals surface area contributed by atoms with Gasteiger partial charge in [-0.2, -0.15) is 0 Å². The summed E-state index contributed by atoms with van der Waals surface area (Å²) in [7, 11) is 0. The normalized spacial score (nSPS) is 13.1. The van der Waals surface area contributed by atoms with Crippen molar-refractivity contribution in [1.29, 1.82) is 0 Å². The predicted molar refractivity (Wildman–Crippen MR) is 65.8 cm³/mol. The summed E-state index contributed by atoms with van der Waals surface area (Å²) in [4.78, 5) is 0. The van der Waals surface area contributed by atoms with Crippen molar-refractivity contribution in [3.63, 3.8) is 0 Å². The smallest absolute Gasteiger partial charge is 0.231 e. The van der Waals surface area contributed by atoms with E-state index in [0.717, 1.165) is 37.6 Å². The van der Waals surface area contributed by atoms with Crippen molar-refractivity contribution in [2.75, 3.05) is 26.6 Å². The van der Waals surface area contributed by atoms with Crippen LogP contribution in [-0.2, 0) is 11.3 Å². The van der Waals surface area contributed by atoms with Crippen LogP contribution in [0.25, 0.3) is 0 Å². The first-order valence-electron chi connectivity index (χ1n) is 5.67.